The molecule has 0 atom stereocenters. The predicted octanol–water partition coefficient (Wildman–Crippen LogP) is 8.07. The van der Waals surface area contributed by atoms with E-state index in [0.717, 1.165) is 24.8 Å². The molecular formula is C32H54N2O4. The van der Waals surface area contributed by atoms with Crippen LogP contribution in [0, 0.1) is 5.41 Å². The van der Waals surface area contributed by atoms with E-state index in [1.807, 2.05) is 24.3 Å². The number of imide groups is 1. The minimum Gasteiger partial charge on any atom is -0.296 e. The van der Waals surface area contributed by atoms with Gasteiger partial charge in [-0.1, -0.05) is 129 Å². The maximum atomic E-state index is 13.0. The summed E-state index contributed by atoms with van der Waals surface area (Å²) in [5, 5.41) is 3.72. The smallest absolute Gasteiger partial charge is 0.250 e. The summed E-state index contributed by atoms with van der Waals surface area (Å²) in [6, 6.07) is 7.46. The van der Waals surface area contributed by atoms with E-state index in [1.165, 1.54) is 96.1 Å². The number of unbranched alkanes of at least 4 members (excludes halogenated alkanes) is 14. The fraction of sp³-hybridized carbons (Fsp3) is 0.719. The topological polar surface area (TPSA) is 75.7 Å². The molecule has 1 aromatic carbocycles. The zero-order valence-electron chi connectivity index (χ0n) is 24.9. The van der Waals surface area contributed by atoms with Crippen molar-refractivity contribution in [3.05, 3.63) is 29.8 Å². The van der Waals surface area contributed by atoms with Gasteiger partial charge in [0.25, 0.3) is 5.91 Å². The van der Waals surface area contributed by atoms with Crippen molar-refractivity contribution >= 4 is 23.4 Å². The Balaban J connectivity index is 2.34. The van der Waals surface area contributed by atoms with Gasteiger partial charge in [0.2, 0.25) is 11.8 Å². The zero-order valence-corrected chi connectivity index (χ0v) is 24.9. The molecule has 0 aromatic heterocycles. The molecule has 0 bridgehead atoms. The van der Waals surface area contributed by atoms with Gasteiger partial charge in [-0.3, -0.25) is 24.5 Å². The molecule has 3 amide bonds. The number of carbonyl (C=O) groups excluding carboxylic acids is 3. The molecule has 0 aliphatic rings. The SMILES string of the molecule is CCCCCCCCCCCCCCCCCC(=O)N(OC)c1ccccc1CC(C)(C)C(=O)NC(C)=O. The van der Waals surface area contributed by atoms with E-state index < -0.39 is 5.41 Å². The molecule has 0 aliphatic carbocycles. The van der Waals surface area contributed by atoms with Crippen molar-refractivity contribution in [1.82, 2.24) is 5.32 Å². The fourth-order valence-electron chi connectivity index (χ4n) is 4.83. The van der Waals surface area contributed by atoms with Crippen molar-refractivity contribution in [2.24, 2.45) is 5.41 Å². The number of nitrogens with zero attached hydrogens (tertiary/aromatic N) is 1. The number of hydrogen-bond acceptors (Lipinski definition) is 4. The molecule has 6 nitrogen and oxygen atoms in total. The number of rotatable bonds is 21. The number of carbonyl (C=O) groups is 3. The number of hydrogen-bond donors (Lipinski definition) is 1. The summed E-state index contributed by atoms with van der Waals surface area (Å²) in [4.78, 5) is 42.3. The highest BCUT2D eigenvalue weighted by Gasteiger charge is 2.31. The van der Waals surface area contributed by atoms with Gasteiger partial charge in [0.15, 0.2) is 0 Å². The summed E-state index contributed by atoms with van der Waals surface area (Å²) in [6.07, 6.45) is 20.1. The Kier molecular flexibility index (Phi) is 17.6. The lowest BCUT2D eigenvalue weighted by Crippen LogP contribution is -2.41. The Morgan fingerprint density at radius 3 is 1.74 bits per heavy atom. The normalized spacial score (nSPS) is 11.4. The number of benzene rings is 1. The first-order chi connectivity index (χ1) is 18.2. The van der Waals surface area contributed by atoms with E-state index in [-0.39, 0.29) is 17.7 Å². The lowest BCUT2D eigenvalue weighted by Gasteiger charge is -2.27. The van der Waals surface area contributed by atoms with E-state index in [4.69, 9.17) is 4.84 Å². The van der Waals surface area contributed by atoms with Crippen LogP contribution in [0.3, 0.4) is 0 Å². The van der Waals surface area contributed by atoms with Crippen LogP contribution >= 0.6 is 0 Å². The molecule has 0 unspecified atom stereocenters. The second-order valence-electron chi connectivity index (χ2n) is 11.3. The lowest BCUT2D eigenvalue weighted by molar-refractivity contribution is -0.135. The van der Waals surface area contributed by atoms with E-state index >= 15 is 0 Å². The molecule has 0 aliphatic heterocycles. The maximum absolute atomic E-state index is 13.0. The standard InChI is InChI=1S/C32H54N2O4/c1-6-7-8-9-10-11-12-13-14-15-16-17-18-19-20-25-30(36)34(38-5)29-24-22-21-23-28(29)26-32(3,4)31(37)33-27(2)35/h21-24H,6-20,25-26H2,1-5H3,(H,33,35,37). The Hall–Kier alpha value is -2.21. The number of nitrogens with one attached hydrogen (secondary N) is 1. The van der Waals surface area contributed by atoms with Gasteiger partial charge in [0.1, 0.15) is 0 Å². The summed E-state index contributed by atoms with van der Waals surface area (Å²) < 4.78 is 0. The highest BCUT2D eigenvalue weighted by Crippen LogP contribution is 2.30. The number of amides is 3. The van der Waals surface area contributed by atoms with Gasteiger partial charge in [0, 0.05) is 18.8 Å². The molecule has 1 rings (SSSR count). The molecule has 0 heterocycles. The summed E-state index contributed by atoms with van der Waals surface area (Å²) >= 11 is 0. The average Bonchev–Trinajstić information content (AvgIpc) is 2.87. The first-order valence-electron chi connectivity index (χ1n) is 15.0. The summed E-state index contributed by atoms with van der Waals surface area (Å²) in [6.45, 7) is 7.17. The minimum atomic E-state index is -0.821. The number of hydroxylamine groups is 1. The average molecular weight is 531 g/mol. The van der Waals surface area contributed by atoms with Crippen LogP contribution in [-0.2, 0) is 25.6 Å². The first-order valence-corrected chi connectivity index (χ1v) is 15.0. The highest BCUT2D eigenvalue weighted by atomic mass is 16.7. The van der Waals surface area contributed by atoms with Gasteiger partial charge in [-0.25, -0.2) is 0 Å². The predicted molar refractivity (Wildman–Crippen MR) is 157 cm³/mol. The monoisotopic (exact) mass is 530 g/mol. The molecule has 216 valence electrons. The molecule has 0 fully saturated rings. The van der Waals surface area contributed by atoms with Gasteiger partial charge >= 0.3 is 0 Å². The van der Waals surface area contributed by atoms with Crippen molar-refractivity contribution in [3.63, 3.8) is 0 Å². The van der Waals surface area contributed by atoms with Gasteiger partial charge in [-0.2, -0.15) is 5.06 Å². The number of anilines is 1. The molecule has 0 saturated carbocycles. The molecular weight excluding hydrogens is 476 g/mol. The zero-order chi connectivity index (χ0) is 28.2. The van der Waals surface area contributed by atoms with Crippen LogP contribution in [0.2, 0.25) is 0 Å². The third-order valence-electron chi connectivity index (χ3n) is 7.15. The van der Waals surface area contributed by atoms with Crippen LogP contribution < -0.4 is 10.4 Å². The molecule has 38 heavy (non-hydrogen) atoms. The highest BCUT2D eigenvalue weighted by molar-refractivity contribution is 5.97. The van der Waals surface area contributed by atoms with E-state index in [2.05, 4.69) is 12.2 Å². The van der Waals surface area contributed by atoms with E-state index in [9.17, 15) is 14.4 Å². The van der Waals surface area contributed by atoms with Crippen molar-refractivity contribution in [3.8, 4) is 0 Å². The third-order valence-corrected chi connectivity index (χ3v) is 7.15. The molecule has 1 aromatic rings. The van der Waals surface area contributed by atoms with Crippen molar-refractivity contribution < 1.29 is 19.2 Å². The second kappa shape index (κ2) is 19.8. The minimum absolute atomic E-state index is 0.0827. The van der Waals surface area contributed by atoms with Crippen LogP contribution in [0.4, 0.5) is 5.69 Å². The summed E-state index contributed by atoms with van der Waals surface area (Å²) in [5.41, 5.74) is 0.644. The Bertz CT molecular complexity index is 821. The van der Waals surface area contributed by atoms with Crippen LogP contribution in [0.25, 0.3) is 0 Å². The van der Waals surface area contributed by atoms with Gasteiger partial charge in [0.05, 0.1) is 12.8 Å². The lowest BCUT2D eigenvalue weighted by atomic mass is 9.84. The first kappa shape index (κ1) is 33.8. The van der Waals surface area contributed by atoms with Crippen LogP contribution in [0.15, 0.2) is 24.3 Å². The van der Waals surface area contributed by atoms with Gasteiger partial charge in [-0.05, 0) is 24.5 Å². The second-order valence-corrected chi connectivity index (χ2v) is 11.3. The quantitative estimate of drug-likeness (QED) is 0.129. The van der Waals surface area contributed by atoms with Crippen LogP contribution in [0.5, 0.6) is 0 Å². The Morgan fingerprint density at radius 1 is 0.789 bits per heavy atom. The van der Waals surface area contributed by atoms with Crippen molar-refractivity contribution in [1.29, 1.82) is 0 Å². The summed E-state index contributed by atoms with van der Waals surface area (Å²) in [5.74, 6) is -0.804. The van der Waals surface area contributed by atoms with Crippen molar-refractivity contribution in [2.45, 2.75) is 137 Å². The molecule has 0 saturated heterocycles. The Morgan fingerprint density at radius 2 is 1.26 bits per heavy atom. The van der Waals surface area contributed by atoms with E-state index in [0.29, 0.717) is 18.5 Å². The van der Waals surface area contributed by atoms with Gasteiger partial charge in [-0.15, -0.1) is 0 Å². The molecule has 6 heteroatoms. The third kappa shape index (κ3) is 14.1. The van der Waals surface area contributed by atoms with E-state index in [1.54, 1.807) is 13.8 Å². The van der Waals surface area contributed by atoms with Gasteiger partial charge < -0.3 is 0 Å². The van der Waals surface area contributed by atoms with Crippen molar-refractivity contribution in [2.75, 3.05) is 12.2 Å². The molecule has 0 spiro atoms. The Labute approximate surface area is 232 Å². The summed E-state index contributed by atoms with van der Waals surface area (Å²) in [7, 11) is 1.49. The maximum Gasteiger partial charge on any atom is 0.250 e. The number of para-hydroxylation sites is 1. The van der Waals surface area contributed by atoms with Crippen LogP contribution in [0.1, 0.15) is 136 Å². The largest absolute Gasteiger partial charge is 0.296 e. The van der Waals surface area contributed by atoms with Crippen LogP contribution in [-0.4, -0.2) is 24.8 Å². The fourth-order valence-corrected chi connectivity index (χ4v) is 4.83. The molecule has 0 radical (unpaired) electrons. The molecule has 1 N–H and O–H groups in total.